The number of fused-ring (bicyclic) bond motifs is 1. The van der Waals surface area contributed by atoms with E-state index in [-0.39, 0.29) is 17.3 Å². The Labute approximate surface area is 218 Å². The molecule has 0 amide bonds. The van der Waals surface area contributed by atoms with Crippen LogP contribution in [0, 0.1) is 17.3 Å². The maximum Gasteiger partial charge on any atom is 0.0863 e. The van der Waals surface area contributed by atoms with Crippen molar-refractivity contribution in [2.45, 2.75) is 91.5 Å². The fourth-order valence-electron chi connectivity index (χ4n) is 4.68. The van der Waals surface area contributed by atoms with E-state index in [1.165, 1.54) is 0 Å². The van der Waals surface area contributed by atoms with E-state index >= 15 is 0 Å². The van der Waals surface area contributed by atoms with Crippen LogP contribution in [0.3, 0.4) is 0 Å². The highest BCUT2D eigenvalue weighted by atomic mass is 16.5. The maximum atomic E-state index is 11.4. The molecular weight excluding hydrogens is 452 g/mol. The average Bonchev–Trinajstić information content (AvgIpc) is 3.25. The van der Waals surface area contributed by atoms with Gasteiger partial charge >= 0.3 is 0 Å². The smallest absolute Gasteiger partial charge is 0.0863 e. The number of aliphatic hydroxyl groups excluding tert-OH is 2. The second kappa shape index (κ2) is 14.1. The van der Waals surface area contributed by atoms with Crippen LogP contribution in [0.1, 0.15) is 78.4 Å². The van der Waals surface area contributed by atoms with Crippen LogP contribution in [0.2, 0.25) is 0 Å². The number of ether oxygens (including phenoxy) is 1. The monoisotopic (exact) mass is 502 g/mol. The third kappa shape index (κ3) is 8.30. The summed E-state index contributed by atoms with van der Waals surface area (Å²) in [5.74, 6) is 0.0950. The number of nitrogens with one attached hydrogen (secondary N) is 1. The van der Waals surface area contributed by atoms with E-state index in [1.807, 2.05) is 29.1 Å². The molecule has 7 heteroatoms. The van der Waals surface area contributed by atoms with Crippen LogP contribution in [-0.2, 0) is 11.3 Å². The lowest BCUT2D eigenvalue weighted by atomic mass is 9.81. The summed E-state index contributed by atoms with van der Waals surface area (Å²) in [7, 11) is 1.70. The zero-order valence-electron chi connectivity index (χ0n) is 23.3. The first kappa shape index (κ1) is 30.3. The minimum absolute atomic E-state index is 0.0365. The fourth-order valence-corrected chi connectivity index (χ4v) is 4.68. The zero-order valence-corrected chi connectivity index (χ0v) is 23.3. The molecule has 0 fully saturated rings. The van der Waals surface area contributed by atoms with Gasteiger partial charge in [0.05, 0.1) is 23.9 Å². The number of aliphatic hydroxyl groups is 2. The van der Waals surface area contributed by atoms with E-state index in [0.717, 1.165) is 54.4 Å². The lowest BCUT2D eigenvalue weighted by Gasteiger charge is -2.32. The molecule has 1 aromatic heterocycles. The molecule has 0 spiro atoms. The van der Waals surface area contributed by atoms with Gasteiger partial charge in [0, 0.05) is 49.3 Å². The number of hydrogen-bond acceptors (Lipinski definition) is 6. The first-order valence-corrected chi connectivity index (χ1v) is 13.5. The van der Waals surface area contributed by atoms with Gasteiger partial charge in [0.2, 0.25) is 0 Å². The molecule has 0 aliphatic carbocycles. The van der Waals surface area contributed by atoms with E-state index in [1.54, 1.807) is 7.11 Å². The van der Waals surface area contributed by atoms with Gasteiger partial charge in [-0.1, -0.05) is 66.2 Å². The van der Waals surface area contributed by atoms with Gasteiger partial charge in [-0.05, 0) is 42.7 Å². The zero-order chi connectivity index (χ0) is 26.9. The molecule has 4 atom stereocenters. The number of aryl methyl sites for hydroxylation is 1. The molecule has 0 bridgehead atoms. The van der Waals surface area contributed by atoms with Gasteiger partial charge in [-0.2, -0.15) is 5.10 Å². The number of benzene rings is 1. The molecule has 1 heterocycles. The highest BCUT2D eigenvalue weighted by molar-refractivity contribution is 5.79. The Balaban J connectivity index is 2.05. The molecule has 204 valence electrons. The molecule has 0 aliphatic heterocycles. The number of aromatic nitrogens is 2. The Bertz CT molecular complexity index is 940. The topological polar surface area (TPSA) is 106 Å². The van der Waals surface area contributed by atoms with E-state index < -0.39 is 18.2 Å². The lowest BCUT2D eigenvalue weighted by Crippen LogP contribution is -2.44. The number of rotatable bonds is 17. The van der Waals surface area contributed by atoms with Crippen molar-refractivity contribution >= 4 is 10.9 Å². The van der Waals surface area contributed by atoms with E-state index in [0.29, 0.717) is 19.6 Å². The molecule has 0 saturated heterocycles. The van der Waals surface area contributed by atoms with Gasteiger partial charge in [0.25, 0.3) is 0 Å². The minimum Gasteiger partial charge on any atom is -0.390 e. The number of nitrogens with zero attached hydrogens (tertiary/aromatic N) is 2. The van der Waals surface area contributed by atoms with Crippen molar-refractivity contribution in [2.24, 2.45) is 23.0 Å². The van der Waals surface area contributed by atoms with Crippen LogP contribution in [0.4, 0.5) is 0 Å². The van der Waals surface area contributed by atoms with Crippen molar-refractivity contribution in [1.82, 2.24) is 15.1 Å². The van der Waals surface area contributed by atoms with E-state index in [2.05, 4.69) is 51.6 Å². The van der Waals surface area contributed by atoms with Gasteiger partial charge in [-0.15, -0.1) is 0 Å². The average molecular weight is 503 g/mol. The number of unbranched alkanes of at least 4 members (excludes halogenated alkanes) is 1. The molecule has 2 aromatic rings. The van der Waals surface area contributed by atoms with Crippen LogP contribution in [0.25, 0.3) is 10.9 Å². The Hall–Kier alpha value is -1.93. The summed E-state index contributed by atoms with van der Waals surface area (Å²) in [5, 5.41) is 31.0. The van der Waals surface area contributed by atoms with Crippen LogP contribution in [-0.4, -0.2) is 52.4 Å². The van der Waals surface area contributed by atoms with E-state index in [4.69, 9.17) is 10.5 Å². The lowest BCUT2D eigenvalue weighted by molar-refractivity contribution is 0.0526. The third-order valence-corrected chi connectivity index (χ3v) is 7.53. The highest BCUT2D eigenvalue weighted by Crippen LogP contribution is 2.34. The van der Waals surface area contributed by atoms with Crippen molar-refractivity contribution in [3.05, 3.63) is 42.2 Å². The molecule has 5 N–H and O–H groups in total. The van der Waals surface area contributed by atoms with Gasteiger partial charge in [0.15, 0.2) is 0 Å². The van der Waals surface area contributed by atoms with Crippen molar-refractivity contribution in [2.75, 3.05) is 20.3 Å². The summed E-state index contributed by atoms with van der Waals surface area (Å²) < 4.78 is 7.13. The van der Waals surface area contributed by atoms with Crippen LogP contribution in [0.5, 0.6) is 0 Å². The van der Waals surface area contributed by atoms with Gasteiger partial charge in [-0.3, -0.25) is 4.68 Å². The standard InChI is InChI=1S/C29H50N4O3/c1-8-9-13-29(5,6)21(4)31-19-27(34)25(30)17-24(20(2)3)28(35)22-11-12-23-18-32-33(26(23)16-22)14-10-15-36-7/h11-12,16,18,20,24-25,27-28,31,34-35H,4,8-10,13-15,17,19,30H2,1-3,5-7H3/t24-,25-,27-,28-/m0/s1. The number of allylic oxidation sites excluding steroid dienone is 1. The second-order valence-corrected chi connectivity index (χ2v) is 11.2. The van der Waals surface area contributed by atoms with Crippen molar-refractivity contribution < 1.29 is 14.9 Å². The van der Waals surface area contributed by atoms with Gasteiger partial charge < -0.3 is 26.0 Å². The molecule has 1 aromatic carbocycles. The number of nitrogens with two attached hydrogens (primary N) is 1. The molecule has 7 nitrogen and oxygen atoms in total. The predicted octanol–water partition coefficient (Wildman–Crippen LogP) is 4.78. The third-order valence-electron chi connectivity index (χ3n) is 7.53. The summed E-state index contributed by atoms with van der Waals surface area (Å²) >= 11 is 0. The first-order valence-electron chi connectivity index (χ1n) is 13.5. The van der Waals surface area contributed by atoms with Crippen LogP contribution < -0.4 is 11.1 Å². The Kier molecular flexibility index (Phi) is 11.9. The van der Waals surface area contributed by atoms with E-state index in [9.17, 15) is 10.2 Å². The Morgan fingerprint density at radius 3 is 2.61 bits per heavy atom. The van der Waals surface area contributed by atoms with Crippen LogP contribution >= 0.6 is 0 Å². The first-order chi connectivity index (χ1) is 17.0. The molecule has 0 aliphatic rings. The summed E-state index contributed by atoms with van der Waals surface area (Å²) in [4.78, 5) is 0. The fraction of sp³-hybridized carbons (Fsp3) is 0.690. The summed E-state index contributed by atoms with van der Waals surface area (Å²) in [6.45, 7) is 16.7. The molecule has 36 heavy (non-hydrogen) atoms. The molecule has 0 radical (unpaired) electrons. The summed E-state index contributed by atoms with van der Waals surface area (Å²) in [6.07, 6.45) is 5.16. The normalized spacial score (nSPS) is 15.7. The molecule has 2 rings (SSSR count). The summed E-state index contributed by atoms with van der Waals surface area (Å²) in [5.41, 5.74) is 9.20. The minimum atomic E-state index is -0.734. The van der Waals surface area contributed by atoms with Crippen LogP contribution in [0.15, 0.2) is 36.7 Å². The maximum absolute atomic E-state index is 11.4. The molecular formula is C29H50N4O3. The largest absolute Gasteiger partial charge is 0.390 e. The van der Waals surface area contributed by atoms with Crippen molar-refractivity contribution in [3.8, 4) is 0 Å². The highest BCUT2D eigenvalue weighted by Gasteiger charge is 2.30. The number of methoxy groups -OCH3 is 1. The quantitative estimate of drug-likeness (QED) is 0.232. The van der Waals surface area contributed by atoms with Crippen molar-refractivity contribution in [3.63, 3.8) is 0 Å². The molecule has 0 unspecified atom stereocenters. The number of hydrogen-bond donors (Lipinski definition) is 4. The molecule has 0 saturated carbocycles. The predicted molar refractivity (Wildman–Crippen MR) is 149 cm³/mol. The summed E-state index contributed by atoms with van der Waals surface area (Å²) in [6, 6.07) is 5.54. The van der Waals surface area contributed by atoms with Crippen molar-refractivity contribution in [1.29, 1.82) is 0 Å². The van der Waals surface area contributed by atoms with Gasteiger partial charge in [0.1, 0.15) is 0 Å². The Morgan fingerprint density at radius 1 is 1.25 bits per heavy atom. The SMILES string of the molecule is C=C(NC[C@H](O)[C@@H](N)C[C@@H](C(C)C)[C@@H](O)c1ccc2cnn(CCCOC)c2c1)C(C)(C)CCCC. The Morgan fingerprint density at radius 2 is 1.97 bits per heavy atom. The second-order valence-electron chi connectivity index (χ2n) is 11.2. The van der Waals surface area contributed by atoms with Gasteiger partial charge in [-0.25, -0.2) is 0 Å².